The molecule has 0 amide bonds. The fourth-order valence-electron chi connectivity index (χ4n) is 3.03. The first-order valence-corrected chi connectivity index (χ1v) is 12.7. The Balaban J connectivity index is 0.000000375. The Morgan fingerprint density at radius 3 is 1.66 bits per heavy atom. The van der Waals surface area contributed by atoms with Crippen molar-refractivity contribution in [2.45, 2.75) is 6.92 Å². The van der Waals surface area contributed by atoms with Crippen LogP contribution in [0.1, 0.15) is 22.8 Å². The molecule has 0 fully saturated rings. The van der Waals surface area contributed by atoms with Gasteiger partial charge in [0, 0.05) is 17.7 Å². The van der Waals surface area contributed by atoms with Gasteiger partial charge in [-0.15, -0.1) is 5.75 Å². The van der Waals surface area contributed by atoms with Crippen LogP contribution < -0.4 is 28.0 Å². The summed E-state index contributed by atoms with van der Waals surface area (Å²) in [6.45, 7) is 1.46. The van der Waals surface area contributed by atoms with Gasteiger partial charge < -0.3 is 23.6 Å². The van der Waals surface area contributed by atoms with Crippen molar-refractivity contribution in [3.05, 3.63) is 108 Å². The molecule has 3 aromatic carbocycles. The van der Waals surface area contributed by atoms with E-state index in [1.54, 1.807) is 87.0 Å². The van der Waals surface area contributed by atoms with E-state index in [-0.39, 0.29) is 11.5 Å². The van der Waals surface area contributed by atoms with Crippen LogP contribution in [0, 0.1) is 11.3 Å². The fourth-order valence-corrected chi connectivity index (χ4v) is 4.50. The number of pyridine rings is 1. The lowest BCUT2D eigenvalue weighted by atomic mass is 10.2. The van der Waals surface area contributed by atoms with Crippen LogP contribution in [0.4, 0.5) is 0 Å². The summed E-state index contributed by atoms with van der Waals surface area (Å²) in [6, 6.07) is 24.2. The Morgan fingerprint density at radius 2 is 1.29 bits per heavy atom. The smallest absolute Gasteiger partial charge is 0.728 e. The molecule has 0 aliphatic heterocycles. The highest BCUT2D eigenvalue weighted by Gasteiger charge is 2.42. The number of ketones is 1. The molecule has 10 heteroatoms. The van der Waals surface area contributed by atoms with Crippen molar-refractivity contribution in [1.29, 1.82) is 5.26 Å². The van der Waals surface area contributed by atoms with Crippen LogP contribution >= 0.6 is 7.75 Å². The van der Waals surface area contributed by atoms with E-state index >= 15 is 0 Å². The molecule has 0 unspecified atom stereocenters. The Hall–Kier alpha value is -4.80. The van der Waals surface area contributed by atoms with E-state index < -0.39 is 7.75 Å². The Kier molecular flexibility index (Phi) is 9.47. The molecule has 0 bridgehead atoms. The number of ether oxygens (including phenoxy) is 2. The molecule has 0 aliphatic carbocycles. The lowest BCUT2D eigenvalue weighted by Crippen LogP contribution is -2.35. The number of benzene rings is 3. The predicted molar refractivity (Wildman–Crippen MR) is 137 cm³/mol. The number of carbonyl (C=O) groups excluding carboxylic acids is 1. The van der Waals surface area contributed by atoms with Crippen LogP contribution in [0.25, 0.3) is 0 Å². The molecule has 9 nitrogen and oxygen atoms in total. The molecule has 0 atom stereocenters. The third-order valence-corrected chi connectivity index (χ3v) is 6.74. The zero-order chi connectivity index (χ0) is 27.5. The predicted octanol–water partition coefficient (Wildman–Crippen LogP) is 4.94. The summed E-state index contributed by atoms with van der Waals surface area (Å²) >= 11 is 0. The van der Waals surface area contributed by atoms with E-state index in [0.29, 0.717) is 34.1 Å². The molecule has 0 spiro atoms. The number of Topliss-reactive ketones (excluding diaryl/α,β-unsaturated/α-hetero) is 1. The third kappa shape index (κ3) is 7.60. The molecule has 194 valence electrons. The summed E-state index contributed by atoms with van der Waals surface area (Å²) in [7, 11) is -0.778. The minimum atomic E-state index is -3.89. The van der Waals surface area contributed by atoms with E-state index in [9.17, 15) is 14.5 Å². The minimum absolute atomic E-state index is 0.0980. The van der Waals surface area contributed by atoms with E-state index in [1.165, 1.54) is 35.8 Å². The van der Waals surface area contributed by atoms with Crippen molar-refractivity contribution in [1.82, 2.24) is 0 Å². The summed E-state index contributed by atoms with van der Waals surface area (Å²) in [5.41, 5.74) is 0.907. The largest absolute Gasteiger partial charge is 0.872 e. The zero-order valence-corrected chi connectivity index (χ0v) is 21.8. The van der Waals surface area contributed by atoms with Crippen LogP contribution in [-0.4, -0.2) is 20.0 Å². The molecular formula is C28H25N2O7P. The zero-order valence-electron chi connectivity index (χ0n) is 20.9. The summed E-state index contributed by atoms with van der Waals surface area (Å²) < 4.78 is 36.8. The maximum Gasteiger partial charge on any atom is 0.728 e. The van der Waals surface area contributed by atoms with E-state index in [1.807, 2.05) is 6.07 Å². The normalized spacial score (nSPS) is 10.3. The monoisotopic (exact) mass is 532 g/mol. The summed E-state index contributed by atoms with van der Waals surface area (Å²) in [5.74, 6) is 1.74. The first-order valence-electron chi connectivity index (χ1n) is 11.2. The highest BCUT2D eigenvalue weighted by Crippen LogP contribution is 2.44. The van der Waals surface area contributed by atoms with Gasteiger partial charge in [0.05, 0.1) is 25.9 Å². The van der Waals surface area contributed by atoms with Crippen LogP contribution in [0.3, 0.4) is 0 Å². The number of aromatic nitrogens is 1. The van der Waals surface area contributed by atoms with Gasteiger partial charge in [-0.05, 0) is 61.5 Å². The number of hydrogen-bond acceptors (Lipinski definition) is 8. The lowest BCUT2D eigenvalue weighted by Gasteiger charge is -2.14. The first kappa shape index (κ1) is 27.8. The second-order valence-electron chi connectivity index (χ2n) is 7.66. The third-order valence-electron chi connectivity index (χ3n) is 5.03. The minimum Gasteiger partial charge on any atom is -0.872 e. The van der Waals surface area contributed by atoms with Gasteiger partial charge in [-0.2, -0.15) is 9.83 Å². The van der Waals surface area contributed by atoms with Gasteiger partial charge in [-0.25, -0.2) is 0 Å². The molecule has 0 aliphatic rings. The molecule has 4 rings (SSSR count). The van der Waals surface area contributed by atoms with Gasteiger partial charge in [0.25, 0.3) is 0 Å². The van der Waals surface area contributed by atoms with Crippen molar-refractivity contribution < 1.29 is 37.3 Å². The molecule has 4 aromatic rings. The van der Waals surface area contributed by atoms with Crippen LogP contribution in [0.2, 0.25) is 0 Å². The van der Waals surface area contributed by atoms with E-state index in [0.717, 1.165) is 0 Å². The second-order valence-corrected chi connectivity index (χ2v) is 9.43. The second kappa shape index (κ2) is 12.9. The SMILES string of the molecule is COc1ccc(OP(=O)(Oc2ccc(OC)cc2)[n+]2ccc(C(C)=O)cc2)cc1.N#Cc1cccc([O-])c1. The van der Waals surface area contributed by atoms with Crippen LogP contribution in [-0.2, 0) is 4.57 Å². The average molecular weight is 532 g/mol. The van der Waals surface area contributed by atoms with Crippen molar-refractivity contribution >= 4 is 13.5 Å². The Bertz CT molecular complexity index is 1400. The molecule has 38 heavy (non-hydrogen) atoms. The summed E-state index contributed by atoms with van der Waals surface area (Å²) in [5, 5.41) is 18.8. The van der Waals surface area contributed by atoms with Gasteiger partial charge in [0.2, 0.25) is 0 Å². The maximum absolute atomic E-state index is 13.7. The molecular weight excluding hydrogens is 507 g/mol. The lowest BCUT2D eigenvalue weighted by molar-refractivity contribution is -0.536. The van der Waals surface area contributed by atoms with Crippen molar-refractivity contribution in [3.63, 3.8) is 0 Å². The highest BCUT2D eigenvalue weighted by molar-refractivity contribution is 7.47. The van der Waals surface area contributed by atoms with Crippen molar-refractivity contribution in [3.8, 4) is 34.8 Å². The van der Waals surface area contributed by atoms with Gasteiger partial charge in [-0.3, -0.25) is 4.79 Å². The number of carbonyl (C=O) groups is 1. The first-order chi connectivity index (χ1) is 18.3. The Labute approximate surface area is 220 Å². The van der Waals surface area contributed by atoms with Crippen LogP contribution in [0.15, 0.2) is 97.3 Å². The number of hydrogen-bond donors (Lipinski definition) is 0. The molecule has 0 radical (unpaired) electrons. The van der Waals surface area contributed by atoms with Gasteiger partial charge in [0.15, 0.2) is 18.2 Å². The fraction of sp³-hybridized carbons (Fsp3) is 0.107. The number of rotatable bonds is 8. The maximum atomic E-state index is 13.7. The number of methoxy groups -OCH3 is 2. The average Bonchev–Trinajstić information content (AvgIpc) is 2.94. The molecule has 0 saturated heterocycles. The topological polar surface area (TPSA) is 122 Å². The number of nitriles is 1. The quantitative estimate of drug-likeness (QED) is 0.231. The highest BCUT2D eigenvalue weighted by atomic mass is 31.2. The summed E-state index contributed by atoms with van der Waals surface area (Å²) in [6.07, 6.45) is 2.98. The number of nitrogens with zero attached hydrogens (tertiary/aromatic N) is 2. The van der Waals surface area contributed by atoms with E-state index in [2.05, 4.69) is 0 Å². The van der Waals surface area contributed by atoms with Gasteiger partial charge >= 0.3 is 7.75 Å². The molecule has 0 N–H and O–H groups in total. The van der Waals surface area contributed by atoms with Crippen molar-refractivity contribution in [2.75, 3.05) is 14.2 Å². The summed E-state index contributed by atoms with van der Waals surface area (Å²) in [4.78, 5) is 11.5. The Morgan fingerprint density at radius 1 is 0.816 bits per heavy atom. The van der Waals surface area contributed by atoms with Crippen LogP contribution in [0.5, 0.6) is 28.7 Å². The van der Waals surface area contributed by atoms with Gasteiger partial charge in [0.1, 0.15) is 23.0 Å². The standard InChI is InChI=1S/C21H21NO6P.C7H5NO/c1-16(23)17-12-14-22(15-13-17)29(24,27-20-8-4-18(25-2)5-9-20)28-21-10-6-19(26-3)7-11-21;8-5-6-2-1-3-7(9)4-6/h4-15H,1-3H3;1-4,9H/q+1;/p-1. The van der Waals surface area contributed by atoms with Gasteiger partial charge in [-0.1, -0.05) is 22.5 Å². The molecule has 1 heterocycles. The van der Waals surface area contributed by atoms with E-state index in [4.69, 9.17) is 23.8 Å². The van der Waals surface area contributed by atoms with Crippen molar-refractivity contribution in [2.24, 2.45) is 0 Å². The molecule has 1 aromatic heterocycles. The molecule has 0 saturated carbocycles.